The molecule has 0 saturated carbocycles. The average Bonchev–Trinajstić information content (AvgIpc) is 2.38. The van der Waals surface area contributed by atoms with Crippen molar-refractivity contribution in [3.63, 3.8) is 0 Å². The van der Waals surface area contributed by atoms with E-state index in [0.717, 1.165) is 12.1 Å². The number of hydrogen-bond acceptors (Lipinski definition) is 3. The first-order chi connectivity index (χ1) is 8.88. The number of aromatic carboxylic acids is 1. The molecule has 0 spiro atoms. The number of carboxylic acid groups (broad SMARTS) is 1. The minimum absolute atomic E-state index is 0.124. The van der Waals surface area contributed by atoms with E-state index >= 15 is 0 Å². The van der Waals surface area contributed by atoms with Crippen molar-refractivity contribution in [3.8, 4) is 11.3 Å². The maximum atomic E-state index is 12.6. The Hall–Kier alpha value is -2.44. The monoisotopic (exact) mass is 268 g/mol. The summed E-state index contributed by atoms with van der Waals surface area (Å²) >= 11 is 0. The van der Waals surface area contributed by atoms with Gasteiger partial charge in [0.05, 0.1) is 11.3 Å². The highest BCUT2D eigenvalue weighted by molar-refractivity contribution is 5.83. The second kappa shape index (κ2) is 4.68. The van der Waals surface area contributed by atoms with Crippen molar-refractivity contribution >= 4 is 5.97 Å². The van der Waals surface area contributed by atoms with Crippen LogP contribution in [-0.4, -0.2) is 21.0 Å². The van der Waals surface area contributed by atoms with E-state index in [2.05, 4.69) is 9.97 Å². The molecule has 2 rings (SSSR count). The van der Waals surface area contributed by atoms with Gasteiger partial charge in [0.25, 0.3) is 0 Å². The molecule has 0 atom stereocenters. The average molecular weight is 268 g/mol. The quantitative estimate of drug-likeness (QED) is 0.909. The minimum atomic E-state index is -4.46. The molecule has 2 aromatic rings. The van der Waals surface area contributed by atoms with E-state index in [0.29, 0.717) is 0 Å². The van der Waals surface area contributed by atoms with Crippen LogP contribution in [0, 0.1) is 0 Å². The van der Waals surface area contributed by atoms with Crippen LogP contribution in [0.2, 0.25) is 0 Å². The van der Waals surface area contributed by atoms with Crippen molar-refractivity contribution in [3.05, 3.63) is 47.9 Å². The van der Waals surface area contributed by atoms with E-state index in [-0.39, 0.29) is 11.3 Å². The van der Waals surface area contributed by atoms with Gasteiger partial charge in [-0.3, -0.25) is 0 Å². The van der Waals surface area contributed by atoms with Crippen LogP contribution in [0.4, 0.5) is 13.2 Å². The zero-order valence-corrected chi connectivity index (χ0v) is 9.35. The maximum absolute atomic E-state index is 12.6. The van der Waals surface area contributed by atoms with Gasteiger partial charge in [0, 0.05) is 11.8 Å². The Morgan fingerprint density at radius 1 is 1.21 bits per heavy atom. The van der Waals surface area contributed by atoms with E-state index in [9.17, 15) is 18.0 Å². The van der Waals surface area contributed by atoms with E-state index in [1.807, 2.05) is 0 Å². The van der Waals surface area contributed by atoms with Crippen molar-refractivity contribution in [1.82, 2.24) is 9.97 Å². The molecule has 0 saturated heterocycles. The molecule has 98 valence electrons. The number of rotatable bonds is 2. The van der Waals surface area contributed by atoms with Crippen LogP contribution in [0.1, 0.15) is 16.2 Å². The molecule has 0 unspecified atom stereocenters. The van der Waals surface area contributed by atoms with Crippen molar-refractivity contribution in [2.75, 3.05) is 0 Å². The number of nitrogens with zero attached hydrogens (tertiary/aromatic N) is 2. The third-order valence-electron chi connectivity index (χ3n) is 2.33. The Morgan fingerprint density at radius 3 is 2.58 bits per heavy atom. The molecule has 0 aliphatic carbocycles. The van der Waals surface area contributed by atoms with Gasteiger partial charge in [0.2, 0.25) is 5.82 Å². The first-order valence-corrected chi connectivity index (χ1v) is 5.12. The van der Waals surface area contributed by atoms with Crippen molar-refractivity contribution in [2.45, 2.75) is 6.18 Å². The fourth-order valence-corrected chi connectivity index (χ4v) is 1.48. The molecule has 0 bridgehead atoms. The summed E-state index contributed by atoms with van der Waals surface area (Å²) < 4.78 is 37.7. The summed E-state index contributed by atoms with van der Waals surface area (Å²) in [4.78, 5) is 17.9. The topological polar surface area (TPSA) is 63.1 Å². The highest BCUT2D eigenvalue weighted by Gasteiger charge is 2.30. The van der Waals surface area contributed by atoms with Gasteiger partial charge in [0.15, 0.2) is 0 Å². The first-order valence-electron chi connectivity index (χ1n) is 5.12. The second-order valence-corrected chi connectivity index (χ2v) is 3.65. The summed E-state index contributed by atoms with van der Waals surface area (Å²) in [5.74, 6) is -1.80. The Labute approximate surface area is 105 Å². The summed E-state index contributed by atoms with van der Waals surface area (Å²) in [6.45, 7) is 0. The number of aromatic nitrogens is 2. The number of alkyl halides is 3. The van der Waals surface area contributed by atoms with Crippen molar-refractivity contribution in [2.24, 2.45) is 0 Å². The highest BCUT2D eigenvalue weighted by Crippen LogP contribution is 2.31. The summed E-state index contributed by atoms with van der Waals surface area (Å²) in [6.07, 6.45) is -3.27. The Kier molecular flexibility index (Phi) is 3.20. The lowest BCUT2D eigenvalue weighted by Gasteiger charge is -2.08. The van der Waals surface area contributed by atoms with Gasteiger partial charge >= 0.3 is 12.1 Å². The van der Waals surface area contributed by atoms with Crippen molar-refractivity contribution in [1.29, 1.82) is 0 Å². The molecule has 0 amide bonds. The SMILES string of the molecule is O=C(O)c1nccc(-c2cccc(C(F)(F)F)c2)n1. The van der Waals surface area contributed by atoms with Crippen molar-refractivity contribution < 1.29 is 23.1 Å². The maximum Gasteiger partial charge on any atom is 0.416 e. The van der Waals surface area contributed by atoms with Crippen LogP contribution in [0.5, 0.6) is 0 Å². The molecular formula is C12H7F3N2O2. The molecular weight excluding hydrogens is 261 g/mol. The summed E-state index contributed by atoms with van der Waals surface area (Å²) in [5, 5.41) is 8.74. The number of benzene rings is 1. The molecule has 0 fully saturated rings. The number of carboxylic acids is 1. The lowest BCUT2D eigenvalue weighted by Crippen LogP contribution is -2.06. The largest absolute Gasteiger partial charge is 0.475 e. The minimum Gasteiger partial charge on any atom is -0.475 e. The van der Waals surface area contributed by atoms with E-state index in [4.69, 9.17) is 5.11 Å². The molecule has 1 aromatic heterocycles. The lowest BCUT2D eigenvalue weighted by atomic mass is 10.1. The molecule has 0 aliphatic heterocycles. The standard InChI is InChI=1S/C12H7F3N2O2/c13-12(14,15)8-3-1-2-7(6-8)9-4-5-16-10(17-9)11(18)19/h1-6H,(H,18,19). The smallest absolute Gasteiger partial charge is 0.416 e. The number of halogens is 3. The van der Waals surface area contributed by atoms with E-state index in [1.54, 1.807) is 0 Å². The number of hydrogen-bond donors (Lipinski definition) is 1. The summed E-state index contributed by atoms with van der Waals surface area (Å²) in [7, 11) is 0. The van der Waals surface area contributed by atoms with Gasteiger partial charge in [-0.15, -0.1) is 0 Å². The molecule has 0 radical (unpaired) electrons. The third kappa shape index (κ3) is 2.87. The molecule has 1 heterocycles. The van der Waals surface area contributed by atoms with Crippen LogP contribution in [0.15, 0.2) is 36.5 Å². The number of carbonyl (C=O) groups is 1. The predicted molar refractivity (Wildman–Crippen MR) is 59.4 cm³/mol. The molecule has 1 N–H and O–H groups in total. The van der Waals surface area contributed by atoms with E-state index in [1.165, 1.54) is 24.4 Å². The first kappa shape index (κ1) is 13.0. The van der Waals surface area contributed by atoms with Gasteiger partial charge in [-0.25, -0.2) is 14.8 Å². The molecule has 1 aromatic carbocycles. The third-order valence-corrected chi connectivity index (χ3v) is 2.33. The fraction of sp³-hybridized carbons (Fsp3) is 0.0833. The van der Waals surface area contributed by atoms with Crippen LogP contribution < -0.4 is 0 Å². The highest BCUT2D eigenvalue weighted by atomic mass is 19.4. The van der Waals surface area contributed by atoms with Crippen LogP contribution in [-0.2, 0) is 6.18 Å². The molecule has 7 heteroatoms. The predicted octanol–water partition coefficient (Wildman–Crippen LogP) is 2.86. The van der Waals surface area contributed by atoms with Gasteiger partial charge < -0.3 is 5.11 Å². The lowest BCUT2D eigenvalue weighted by molar-refractivity contribution is -0.137. The molecule has 4 nitrogen and oxygen atoms in total. The second-order valence-electron chi connectivity index (χ2n) is 3.65. The zero-order valence-electron chi connectivity index (χ0n) is 9.35. The van der Waals surface area contributed by atoms with Gasteiger partial charge in [0.1, 0.15) is 0 Å². The van der Waals surface area contributed by atoms with Crippen LogP contribution >= 0.6 is 0 Å². The van der Waals surface area contributed by atoms with Crippen LogP contribution in [0.25, 0.3) is 11.3 Å². The van der Waals surface area contributed by atoms with Crippen LogP contribution in [0.3, 0.4) is 0 Å². The molecule has 0 aliphatic rings. The normalized spacial score (nSPS) is 11.3. The summed E-state index contributed by atoms with van der Waals surface area (Å²) in [6, 6.07) is 5.85. The van der Waals surface area contributed by atoms with Gasteiger partial charge in [-0.2, -0.15) is 13.2 Å². The Balaban J connectivity index is 2.48. The van der Waals surface area contributed by atoms with E-state index < -0.39 is 23.5 Å². The zero-order chi connectivity index (χ0) is 14.0. The molecule has 19 heavy (non-hydrogen) atoms. The summed E-state index contributed by atoms with van der Waals surface area (Å²) in [5.41, 5.74) is -0.515. The Bertz CT molecular complexity index is 626. The fourth-order valence-electron chi connectivity index (χ4n) is 1.48. The Morgan fingerprint density at radius 2 is 1.95 bits per heavy atom. The van der Waals surface area contributed by atoms with Gasteiger partial charge in [-0.05, 0) is 18.2 Å². The van der Waals surface area contributed by atoms with Gasteiger partial charge in [-0.1, -0.05) is 12.1 Å².